The molecule has 0 atom stereocenters. The summed E-state index contributed by atoms with van der Waals surface area (Å²) in [6.07, 6.45) is 3.50. The molecular weight excluding hydrogens is 586 g/mol. The monoisotopic (exact) mass is 602 g/mol. The number of hydrogen-bond acceptors (Lipinski definition) is 5. The average Bonchev–Trinajstić information content (AvgIpc) is 3.07. The van der Waals surface area contributed by atoms with Crippen molar-refractivity contribution in [3.8, 4) is 5.69 Å². The van der Waals surface area contributed by atoms with Crippen molar-refractivity contribution in [2.75, 3.05) is 19.0 Å². The summed E-state index contributed by atoms with van der Waals surface area (Å²) in [5.41, 5.74) is 4.84. The van der Waals surface area contributed by atoms with Gasteiger partial charge in [0.25, 0.3) is 5.56 Å². The van der Waals surface area contributed by atoms with E-state index in [1.54, 1.807) is 10.9 Å². The van der Waals surface area contributed by atoms with Crippen LogP contribution in [0.15, 0.2) is 41.6 Å². The fourth-order valence-electron chi connectivity index (χ4n) is 3.16. The number of hydrogen-bond donors (Lipinski definition) is 0. The number of anilines is 1. The predicted octanol–water partition coefficient (Wildman–Crippen LogP) is 4.93. The molecule has 0 saturated carbocycles. The Kier molecular flexibility index (Phi) is 5.39. The topological polar surface area (TPSA) is 51.0 Å². The summed E-state index contributed by atoms with van der Waals surface area (Å²) < 4.78 is 5.03. The number of benzene rings is 1. The summed E-state index contributed by atoms with van der Waals surface area (Å²) in [5.74, 6) is 0. The van der Waals surface area contributed by atoms with E-state index in [1.165, 1.54) is 16.9 Å². The molecule has 4 aromatic rings. The van der Waals surface area contributed by atoms with Crippen molar-refractivity contribution >= 4 is 82.5 Å². The van der Waals surface area contributed by atoms with E-state index in [0.29, 0.717) is 4.70 Å². The van der Waals surface area contributed by atoms with E-state index in [1.807, 2.05) is 44.6 Å². The van der Waals surface area contributed by atoms with E-state index in [9.17, 15) is 4.79 Å². The van der Waals surface area contributed by atoms with Gasteiger partial charge in [-0.2, -0.15) is 0 Å². The summed E-state index contributed by atoms with van der Waals surface area (Å²) in [6.45, 7) is 0. The van der Waals surface area contributed by atoms with Crippen molar-refractivity contribution in [1.82, 2.24) is 14.5 Å². The molecule has 27 heavy (non-hydrogen) atoms. The van der Waals surface area contributed by atoms with Crippen molar-refractivity contribution in [2.24, 2.45) is 0 Å². The van der Waals surface area contributed by atoms with Crippen LogP contribution in [0.2, 0.25) is 0 Å². The number of pyridine rings is 1. The van der Waals surface area contributed by atoms with E-state index in [0.717, 1.165) is 41.5 Å². The molecule has 1 aromatic carbocycles. The number of aromatic nitrogens is 3. The van der Waals surface area contributed by atoms with Gasteiger partial charge in [0.05, 0.1) is 27.3 Å². The minimum Gasteiger partial charge on any atom is -0.376 e. The van der Waals surface area contributed by atoms with Gasteiger partial charge >= 0.3 is 0 Å². The summed E-state index contributed by atoms with van der Waals surface area (Å²) in [4.78, 5) is 24.5. The van der Waals surface area contributed by atoms with E-state index in [-0.39, 0.29) is 5.56 Å². The molecule has 5 nitrogen and oxygen atoms in total. The van der Waals surface area contributed by atoms with Crippen LogP contribution >= 0.6 is 56.5 Å². The fourth-order valence-corrected chi connectivity index (χ4v) is 5.28. The minimum absolute atomic E-state index is 0.0378. The fraction of sp³-hybridized carbons (Fsp3) is 0.211. The molecule has 0 radical (unpaired) electrons. The third-order valence-corrected chi connectivity index (χ3v) is 7.12. The lowest BCUT2D eigenvalue weighted by Crippen LogP contribution is -2.18. The number of thiophene rings is 1. The van der Waals surface area contributed by atoms with Gasteiger partial charge in [-0.25, -0.2) is 4.98 Å². The summed E-state index contributed by atoms with van der Waals surface area (Å²) in [5, 5.41) is 1.02. The molecule has 0 aliphatic heterocycles. The molecule has 0 saturated heterocycles. The van der Waals surface area contributed by atoms with Gasteiger partial charge in [-0.05, 0) is 17.7 Å². The van der Waals surface area contributed by atoms with Crippen LogP contribution in [-0.2, 0) is 8.86 Å². The summed E-state index contributed by atoms with van der Waals surface area (Å²) in [6, 6.07) is 8.03. The second-order valence-electron chi connectivity index (χ2n) is 6.32. The number of fused-ring (bicyclic) bond motifs is 3. The van der Waals surface area contributed by atoms with Gasteiger partial charge in [0.15, 0.2) is 0 Å². The normalized spacial score (nSPS) is 11.4. The van der Waals surface area contributed by atoms with Crippen LogP contribution < -0.4 is 10.5 Å². The van der Waals surface area contributed by atoms with Gasteiger partial charge < -0.3 is 4.90 Å². The number of halogens is 2. The Bertz CT molecular complexity index is 1200. The van der Waals surface area contributed by atoms with Crippen LogP contribution in [0, 0.1) is 0 Å². The first-order valence-electron chi connectivity index (χ1n) is 8.25. The SMILES string of the molecule is CN(C)c1c(CI)ncc2sc3c(=O)n(-c4ccc(CI)cc4)cnc3c12. The Morgan fingerprint density at radius 1 is 1.11 bits per heavy atom. The molecular formula is C19H16I2N4OS. The Morgan fingerprint density at radius 3 is 2.48 bits per heavy atom. The zero-order valence-electron chi connectivity index (χ0n) is 14.7. The maximum Gasteiger partial charge on any atom is 0.275 e. The molecule has 8 heteroatoms. The number of alkyl halides is 2. The van der Waals surface area contributed by atoms with Crippen molar-refractivity contribution < 1.29 is 0 Å². The van der Waals surface area contributed by atoms with Gasteiger partial charge in [-0.15, -0.1) is 11.3 Å². The molecule has 4 rings (SSSR count). The summed E-state index contributed by atoms with van der Waals surface area (Å²) in [7, 11) is 4.01. The van der Waals surface area contributed by atoms with E-state index in [2.05, 4.69) is 60.0 Å². The van der Waals surface area contributed by atoms with E-state index < -0.39 is 0 Å². The maximum atomic E-state index is 13.2. The second-order valence-corrected chi connectivity index (χ2v) is 8.90. The molecule has 0 fully saturated rings. The molecule has 0 N–H and O–H groups in total. The third kappa shape index (κ3) is 3.25. The van der Waals surface area contributed by atoms with Crippen LogP contribution in [0.3, 0.4) is 0 Å². The minimum atomic E-state index is -0.0378. The van der Waals surface area contributed by atoms with E-state index >= 15 is 0 Å². The number of rotatable bonds is 4. The van der Waals surface area contributed by atoms with Gasteiger partial charge in [-0.1, -0.05) is 57.3 Å². The van der Waals surface area contributed by atoms with Crippen molar-refractivity contribution in [3.05, 3.63) is 58.4 Å². The Labute approximate surface area is 187 Å². The van der Waals surface area contributed by atoms with Gasteiger partial charge in [-0.3, -0.25) is 14.3 Å². The molecule has 3 aromatic heterocycles. The van der Waals surface area contributed by atoms with Crippen LogP contribution in [0.25, 0.3) is 26.0 Å². The Morgan fingerprint density at radius 2 is 1.85 bits per heavy atom. The van der Waals surface area contributed by atoms with Crippen LogP contribution in [0.1, 0.15) is 11.3 Å². The first kappa shape index (κ1) is 19.1. The smallest absolute Gasteiger partial charge is 0.275 e. The van der Waals surface area contributed by atoms with Crippen LogP contribution in [0.4, 0.5) is 5.69 Å². The highest BCUT2D eigenvalue weighted by Gasteiger charge is 2.19. The quantitative estimate of drug-likeness (QED) is 0.246. The third-order valence-electron chi connectivity index (χ3n) is 4.42. The van der Waals surface area contributed by atoms with Crippen molar-refractivity contribution in [1.29, 1.82) is 0 Å². The zero-order valence-corrected chi connectivity index (χ0v) is 19.9. The average molecular weight is 602 g/mol. The molecule has 0 unspecified atom stereocenters. The van der Waals surface area contributed by atoms with E-state index in [4.69, 9.17) is 0 Å². The first-order chi connectivity index (χ1) is 13.0. The molecule has 0 aliphatic rings. The lowest BCUT2D eigenvalue weighted by Gasteiger charge is -2.17. The Balaban J connectivity index is 2.00. The van der Waals surface area contributed by atoms with Crippen LogP contribution in [-0.4, -0.2) is 28.6 Å². The van der Waals surface area contributed by atoms with Crippen molar-refractivity contribution in [2.45, 2.75) is 8.86 Å². The molecule has 3 heterocycles. The molecule has 138 valence electrons. The highest BCUT2D eigenvalue weighted by atomic mass is 127. The first-order valence-corrected chi connectivity index (χ1v) is 12.1. The predicted molar refractivity (Wildman–Crippen MR) is 130 cm³/mol. The maximum absolute atomic E-state index is 13.2. The summed E-state index contributed by atoms with van der Waals surface area (Å²) >= 11 is 6.12. The van der Waals surface area contributed by atoms with Gasteiger partial charge in [0.1, 0.15) is 11.0 Å². The lowest BCUT2D eigenvalue weighted by atomic mass is 10.2. The highest BCUT2D eigenvalue weighted by molar-refractivity contribution is 14.1. The molecule has 0 bridgehead atoms. The van der Waals surface area contributed by atoms with Crippen LogP contribution in [0.5, 0.6) is 0 Å². The Hall–Kier alpha value is -1.27. The molecule has 0 spiro atoms. The molecule has 0 aliphatic carbocycles. The molecule has 0 amide bonds. The highest BCUT2D eigenvalue weighted by Crippen LogP contribution is 2.38. The van der Waals surface area contributed by atoms with Gasteiger partial charge in [0.2, 0.25) is 0 Å². The largest absolute Gasteiger partial charge is 0.376 e. The van der Waals surface area contributed by atoms with Gasteiger partial charge in [0, 0.05) is 34.5 Å². The second kappa shape index (κ2) is 7.63. The zero-order chi connectivity index (χ0) is 19.1. The standard InChI is InChI=1S/C19H16I2N4OS/c1-24(2)17-13(8-21)22-9-14-15(17)16-18(27-14)19(26)25(10-23-16)12-5-3-11(7-20)4-6-12/h3-6,9-10H,7-8H2,1-2H3. The van der Waals surface area contributed by atoms with Crippen molar-refractivity contribution in [3.63, 3.8) is 0 Å². The lowest BCUT2D eigenvalue weighted by molar-refractivity contribution is 0.966. The number of nitrogens with zero attached hydrogens (tertiary/aromatic N) is 4.